The summed E-state index contributed by atoms with van der Waals surface area (Å²) in [6, 6.07) is 6.76. The number of halogens is 2. The molecule has 2 aromatic heterocycles. The van der Waals surface area contributed by atoms with Crippen molar-refractivity contribution in [2.75, 3.05) is 0 Å². The molecule has 3 rings (SSSR count). The van der Waals surface area contributed by atoms with Crippen molar-refractivity contribution in [3.05, 3.63) is 67.7 Å². The van der Waals surface area contributed by atoms with E-state index in [4.69, 9.17) is 16.7 Å². The topological polar surface area (TPSA) is 128 Å². The molecule has 0 atom stereocenters. The van der Waals surface area contributed by atoms with Gasteiger partial charge >= 0.3 is 5.69 Å². The quantitative estimate of drug-likeness (QED) is 0.641. The highest BCUT2D eigenvalue weighted by molar-refractivity contribution is 7.88. The van der Waals surface area contributed by atoms with Crippen LogP contribution >= 0.6 is 11.6 Å². The van der Waals surface area contributed by atoms with Crippen molar-refractivity contribution in [2.24, 2.45) is 5.14 Å². The third-order valence-electron chi connectivity index (χ3n) is 3.33. The first-order valence-corrected chi connectivity index (χ1v) is 8.86. The molecule has 0 unspecified atom stereocenters. The van der Waals surface area contributed by atoms with E-state index in [2.05, 4.69) is 9.97 Å². The first-order chi connectivity index (χ1) is 11.7. The Morgan fingerprint density at radius 3 is 2.68 bits per heavy atom. The van der Waals surface area contributed by atoms with Crippen LogP contribution < -0.4 is 16.4 Å². The Labute approximate surface area is 144 Å². The zero-order valence-electron chi connectivity index (χ0n) is 12.4. The van der Waals surface area contributed by atoms with Crippen molar-refractivity contribution in [3.8, 4) is 5.69 Å². The fraction of sp³-hybridized carbons (Fsp3) is 0.0714. The van der Waals surface area contributed by atoms with Gasteiger partial charge in [0.15, 0.2) is 16.6 Å². The number of aromatic nitrogens is 3. The van der Waals surface area contributed by atoms with E-state index < -0.39 is 38.0 Å². The predicted molar refractivity (Wildman–Crippen MR) is 89.7 cm³/mol. The number of primary sulfonamides is 1. The number of nitrogens with zero attached hydrogens (tertiary/aromatic N) is 2. The van der Waals surface area contributed by atoms with Gasteiger partial charge in [0.25, 0.3) is 5.56 Å². The number of pyridine rings is 1. The summed E-state index contributed by atoms with van der Waals surface area (Å²) in [5.74, 6) is -1.35. The number of benzene rings is 1. The monoisotopic (exact) mass is 384 g/mol. The molecule has 3 aromatic rings. The van der Waals surface area contributed by atoms with Gasteiger partial charge in [0.1, 0.15) is 0 Å². The molecule has 0 saturated carbocycles. The van der Waals surface area contributed by atoms with Gasteiger partial charge in [0, 0.05) is 0 Å². The van der Waals surface area contributed by atoms with Crippen LogP contribution in [0.4, 0.5) is 4.39 Å². The van der Waals surface area contributed by atoms with E-state index in [0.717, 1.165) is 10.6 Å². The normalized spacial score (nSPS) is 11.8. The van der Waals surface area contributed by atoms with Crippen molar-refractivity contribution < 1.29 is 12.8 Å². The molecule has 2 heterocycles. The van der Waals surface area contributed by atoms with Crippen molar-refractivity contribution in [1.82, 2.24) is 14.5 Å². The Hall–Kier alpha value is -2.56. The van der Waals surface area contributed by atoms with Gasteiger partial charge < -0.3 is 0 Å². The van der Waals surface area contributed by atoms with E-state index in [0.29, 0.717) is 5.56 Å². The Morgan fingerprint density at radius 2 is 2.00 bits per heavy atom. The zero-order valence-corrected chi connectivity index (χ0v) is 13.9. The largest absolute Gasteiger partial charge is 0.334 e. The van der Waals surface area contributed by atoms with E-state index in [1.807, 2.05) is 0 Å². The second-order valence-electron chi connectivity index (χ2n) is 5.20. The summed E-state index contributed by atoms with van der Waals surface area (Å²) in [5, 5.41) is 4.33. The van der Waals surface area contributed by atoms with Gasteiger partial charge in [-0.1, -0.05) is 23.7 Å². The Balaban J connectivity index is 2.33. The fourth-order valence-electron chi connectivity index (χ4n) is 2.37. The molecule has 0 aliphatic heterocycles. The molecule has 25 heavy (non-hydrogen) atoms. The van der Waals surface area contributed by atoms with Gasteiger partial charge in [-0.3, -0.25) is 9.78 Å². The molecule has 8 nitrogen and oxygen atoms in total. The third-order valence-corrected chi connectivity index (χ3v) is 4.33. The minimum absolute atomic E-state index is 0.159. The van der Waals surface area contributed by atoms with Crippen LogP contribution in [0.25, 0.3) is 16.7 Å². The summed E-state index contributed by atoms with van der Waals surface area (Å²) in [6.07, 6.45) is 0. The van der Waals surface area contributed by atoms with E-state index in [1.165, 1.54) is 24.3 Å². The molecule has 0 spiro atoms. The minimum Gasteiger partial charge on any atom is -0.273 e. The fourth-order valence-corrected chi connectivity index (χ4v) is 3.15. The molecular weight excluding hydrogens is 375 g/mol. The Morgan fingerprint density at radius 1 is 1.28 bits per heavy atom. The molecule has 0 amide bonds. The first-order valence-electron chi connectivity index (χ1n) is 6.76. The second kappa shape index (κ2) is 6.06. The summed E-state index contributed by atoms with van der Waals surface area (Å²) in [4.78, 5) is 29.9. The van der Waals surface area contributed by atoms with Crippen LogP contribution in [0.2, 0.25) is 5.15 Å². The lowest BCUT2D eigenvalue weighted by molar-refractivity contribution is 0.597. The number of aromatic amines is 1. The maximum Gasteiger partial charge on any atom is 0.334 e. The maximum atomic E-state index is 13.6. The molecule has 11 heteroatoms. The highest BCUT2D eigenvalue weighted by Gasteiger charge is 2.15. The molecule has 130 valence electrons. The lowest BCUT2D eigenvalue weighted by atomic mass is 10.2. The number of rotatable bonds is 3. The first kappa shape index (κ1) is 17.3. The van der Waals surface area contributed by atoms with Crippen LogP contribution in [0.3, 0.4) is 0 Å². The van der Waals surface area contributed by atoms with Crippen LogP contribution in [-0.2, 0) is 15.8 Å². The van der Waals surface area contributed by atoms with E-state index in [-0.39, 0.29) is 16.7 Å². The number of H-pyrrole nitrogens is 1. The standard InChI is InChI=1S/C14H10ClFN4O4S/c15-11-10(16)5-9-12(18-11)20(14(22)19-13(9)21)8-3-1-2-7(4-8)6-25(17,23)24/h1-5H,6H2,(H2,17,23,24)(H,19,21,22). The van der Waals surface area contributed by atoms with Gasteiger partial charge in [0.05, 0.1) is 16.8 Å². The number of nitrogens with two attached hydrogens (primary N) is 1. The Bertz CT molecular complexity index is 1220. The Kier molecular flexibility index (Phi) is 4.19. The van der Waals surface area contributed by atoms with Gasteiger partial charge in [-0.15, -0.1) is 0 Å². The molecule has 0 aliphatic carbocycles. The summed E-state index contributed by atoms with van der Waals surface area (Å²) in [5.41, 5.74) is -1.28. The molecule has 0 bridgehead atoms. The number of hydrogen-bond acceptors (Lipinski definition) is 5. The molecule has 3 N–H and O–H groups in total. The van der Waals surface area contributed by atoms with Crippen LogP contribution in [-0.4, -0.2) is 23.0 Å². The van der Waals surface area contributed by atoms with Gasteiger partial charge in [-0.05, 0) is 23.8 Å². The van der Waals surface area contributed by atoms with Gasteiger partial charge in [-0.2, -0.15) is 0 Å². The summed E-state index contributed by atoms with van der Waals surface area (Å²) in [7, 11) is -3.78. The van der Waals surface area contributed by atoms with Crippen molar-refractivity contribution in [2.45, 2.75) is 5.75 Å². The summed E-state index contributed by atoms with van der Waals surface area (Å²) < 4.78 is 37.1. The highest BCUT2D eigenvalue weighted by atomic mass is 35.5. The number of sulfonamides is 1. The molecule has 1 aromatic carbocycles. The summed E-state index contributed by atoms with van der Waals surface area (Å²) >= 11 is 5.66. The van der Waals surface area contributed by atoms with Crippen LogP contribution in [0.15, 0.2) is 39.9 Å². The minimum atomic E-state index is -3.78. The SMILES string of the molecule is NS(=O)(=O)Cc1cccc(-n2c(=O)[nH]c(=O)c3cc(F)c(Cl)nc32)c1. The van der Waals surface area contributed by atoms with Crippen LogP contribution in [0, 0.1) is 5.82 Å². The average Bonchev–Trinajstić information content (AvgIpc) is 2.48. The van der Waals surface area contributed by atoms with Gasteiger partial charge in [0.2, 0.25) is 10.0 Å². The summed E-state index contributed by atoms with van der Waals surface area (Å²) in [6.45, 7) is 0. The molecule has 0 radical (unpaired) electrons. The molecular formula is C14H10ClFN4O4S. The number of hydrogen-bond donors (Lipinski definition) is 2. The van der Waals surface area contributed by atoms with Crippen molar-refractivity contribution in [1.29, 1.82) is 0 Å². The van der Waals surface area contributed by atoms with Crippen LogP contribution in [0.5, 0.6) is 0 Å². The lowest BCUT2D eigenvalue weighted by Gasteiger charge is -2.10. The van der Waals surface area contributed by atoms with E-state index in [9.17, 15) is 22.4 Å². The smallest absolute Gasteiger partial charge is 0.273 e. The van der Waals surface area contributed by atoms with Gasteiger partial charge in [-0.25, -0.2) is 32.3 Å². The van der Waals surface area contributed by atoms with E-state index in [1.54, 1.807) is 0 Å². The lowest BCUT2D eigenvalue weighted by Crippen LogP contribution is -2.30. The average molecular weight is 385 g/mol. The van der Waals surface area contributed by atoms with Crippen LogP contribution in [0.1, 0.15) is 5.56 Å². The molecule has 0 aliphatic rings. The van der Waals surface area contributed by atoms with E-state index >= 15 is 0 Å². The number of fused-ring (bicyclic) bond motifs is 1. The zero-order chi connectivity index (χ0) is 18.4. The number of nitrogens with one attached hydrogen (secondary N) is 1. The third kappa shape index (κ3) is 3.45. The second-order valence-corrected chi connectivity index (χ2v) is 7.18. The molecule has 0 saturated heterocycles. The van der Waals surface area contributed by atoms with Crippen molar-refractivity contribution in [3.63, 3.8) is 0 Å². The highest BCUT2D eigenvalue weighted by Crippen LogP contribution is 2.19. The molecule has 0 fully saturated rings. The maximum absolute atomic E-state index is 13.6. The van der Waals surface area contributed by atoms with Crippen molar-refractivity contribution >= 4 is 32.7 Å². The predicted octanol–water partition coefficient (Wildman–Crippen LogP) is 0.655.